The van der Waals surface area contributed by atoms with Crippen LogP contribution >= 0.6 is 0 Å². The van der Waals surface area contributed by atoms with E-state index >= 15 is 0 Å². The molecule has 3 heteroatoms. The maximum atomic E-state index is 5.76. The Morgan fingerprint density at radius 1 is 1.21 bits per heavy atom. The molecule has 0 bridgehead atoms. The van der Waals surface area contributed by atoms with E-state index in [1.807, 2.05) is 25.1 Å². The maximum Gasteiger partial charge on any atom is 0.125 e. The smallest absolute Gasteiger partial charge is 0.125 e. The molecule has 19 heavy (non-hydrogen) atoms. The van der Waals surface area contributed by atoms with Gasteiger partial charge in [0.05, 0.1) is 13.2 Å². The quantitative estimate of drug-likeness (QED) is 0.890. The van der Waals surface area contributed by atoms with Crippen molar-refractivity contribution < 1.29 is 9.15 Å². The second-order valence-electron chi connectivity index (χ2n) is 4.67. The number of aryl methyl sites for hydroxylation is 2. The summed E-state index contributed by atoms with van der Waals surface area (Å²) >= 11 is 0. The average Bonchev–Trinajstić information content (AvgIpc) is 2.82. The van der Waals surface area contributed by atoms with Gasteiger partial charge in [-0.25, -0.2) is 0 Å². The third-order valence-corrected chi connectivity index (χ3v) is 3.21. The molecule has 0 amide bonds. The van der Waals surface area contributed by atoms with Crippen LogP contribution in [0.15, 0.2) is 34.7 Å². The zero-order chi connectivity index (χ0) is 13.8. The fourth-order valence-electron chi connectivity index (χ4n) is 2.28. The molecular formula is C16H21NO2. The van der Waals surface area contributed by atoms with E-state index in [1.54, 1.807) is 7.11 Å². The summed E-state index contributed by atoms with van der Waals surface area (Å²) in [6.07, 6.45) is 0. The number of ether oxygens (including phenoxy) is 1. The highest BCUT2D eigenvalue weighted by Crippen LogP contribution is 2.27. The van der Waals surface area contributed by atoms with Crippen LogP contribution in [0.3, 0.4) is 0 Å². The molecule has 102 valence electrons. The number of furan rings is 1. The molecule has 2 aromatic rings. The van der Waals surface area contributed by atoms with Gasteiger partial charge < -0.3 is 14.5 Å². The van der Waals surface area contributed by atoms with Gasteiger partial charge in [0.2, 0.25) is 0 Å². The zero-order valence-corrected chi connectivity index (χ0v) is 12.0. The Morgan fingerprint density at radius 2 is 2.00 bits per heavy atom. The van der Waals surface area contributed by atoms with Crippen LogP contribution in [-0.4, -0.2) is 13.7 Å². The van der Waals surface area contributed by atoms with E-state index in [2.05, 4.69) is 31.3 Å². The van der Waals surface area contributed by atoms with Gasteiger partial charge in [0, 0.05) is 0 Å². The van der Waals surface area contributed by atoms with Gasteiger partial charge in [-0.3, -0.25) is 0 Å². The minimum Gasteiger partial charge on any atom is -0.496 e. The Bertz CT molecular complexity index is 545. The van der Waals surface area contributed by atoms with Crippen molar-refractivity contribution in [1.29, 1.82) is 0 Å². The van der Waals surface area contributed by atoms with Crippen molar-refractivity contribution in [2.75, 3.05) is 13.7 Å². The number of nitrogens with one attached hydrogen (secondary N) is 1. The lowest BCUT2D eigenvalue weighted by Gasteiger charge is -2.17. The van der Waals surface area contributed by atoms with Crippen LogP contribution in [0.1, 0.15) is 35.6 Å². The maximum absolute atomic E-state index is 5.76. The van der Waals surface area contributed by atoms with Crippen LogP contribution in [0.4, 0.5) is 0 Å². The van der Waals surface area contributed by atoms with Crippen LogP contribution in [0.5, 0.6) is 5.75 Å². The van der Waals surface area contributed by atoms with E-state index in [9.17, 15) is 0 Å². The van der Waals surface area contributed by atoms with E-state index < -0.39 is 0 Å². The van der Waals surface area contributed by atoms with Gasteiger partial charge in [-0.2, -0.15) is 0 Å². The van der Waals surface area contributed by atoms with Gasteiger partial charge >= 0.3 is 0 Å². The normalized spacial score (nSPS) is 12.4. The Labute approximate surface area is 114 Å². The molecule has 0 aliphatic rings. The van der Waals surface area contributed by atoms with Gasteiger partial charge in [0.25, 0.3) is 0 Å². The lowest BCUT2D eigenvalue weighted by molar-refractivity contribution is 0.410. The average molecular weight is 259 g/mol. The summed E-state index contributed by atoms with van der Waals surface area (Å²) in [4.78, 5) is 0. The molecule has 0 saturated heterocycles. The first kappa shape index (κ1) is 13.7. The summed E-state index contributed by atoms with van der Waals surface area (Å²) in [7, 11) is 1.69. The van der Waals surface area contributed by atoms with Crippen molar-refractivity contribution in [3.63, 3.8) is 0 Å². The van der Waals surface area contributed by atoms with Crippen molar-refractivity contribution >= 4 is 0 Å². The Morgan fingerprint density at radius 3 is 2.53 bits per heavy atom. The molecule has 1 atom stereocenters. The van der Waals surface area contributed by atoms with Crippen LogP contribution in [-0.2, 0) is 0 Å². The summed E-state index contributed by atoms with van der Waals surface area (Å²) in [6, 6.07) is 10.3. The minimum absolute atomic E-state index is 0.0864. The molecule has 0 saturated carbocycles. The van der Waals surface area contributed by atoms with Gasteiger partial charge in [0.15, 0.2) is 0 Å². The van der Waals surface area contributed by atoms with Crippen molar-refractivity contribution in [3.8, 4) is 5.75 Å². The van der Waals surface area contributed by atoms with Gasteiger partial charge in [-0.1, -0.05) is 19.1 Å². The molecular weight excluding hydrogens is 238 g/mol. The first-order valence-electron chi connectivity index (χ1n) is 6.60. The molecule has 0 aliphatic heterocycles. The molecule has 0 aliphatic carbocycles. The van der Waals surface area contributed by atoms with Gasteiger partial charge in [-0.15, -0.1) is 0 Å². The highest BCUT2D eigenvalue weighted by atomic mass is 16.5. The van der Waals surface area contributed by atoms with E-state index in [-0.39, 0.29) is 6.04 Å². The molecule has 1 aromatic carbocycles. The Hall–Kier alpha value is -1.74. The lowest BCUT2D eigenvalue weighted by Crippen LogP contribution is -2.21. The number of methoxy groups -OCH3 is 1. The summed E-state index contributed by atoms with van der Waals surface area (Å²) < 4.78 is 11.1. The molecule has 0 fully saturated rings. The highest BCUT2D eigenvalue weighted by molar-refractivity contribution is 5.39. The number of hydrogen-bond donors (Lipinski definition) is 1. The van der Waals surface area contributed by atoms with Crippen molar-refractivity contribution in [2.24, 2.45) is 0 Å². The van der Waals surface area contributed by atoms with Crippen molar-refractivity contribution in [1.82, 2.24) is 5.32 Å². The summed E-state index contributed by atoms with van der Waals surface area (Å²) in [5, 5.41) is 3.46. The summed E-state index contributed by atoms with van der Waals surface area (Å²) in [5.74, 6) is 2.79. The van der Waals surface area contributed by atoms with E-state index in [0.717, 1.165) is 29.4 Å². The lowest BCUT2D eigenvalue weighted by atomic mass is 10.0. The molecule has 1 N–H and O–H groups in total. The summed E-state index contributed by atoms with van der Waals surface area (Å²) in [5.41, 5.74) is 2.32. The molecule has 2 rings (SSSR count). The van der Waals surface area contributed by atoms with Gasteiger partial charge in [-0.05, 0) is 49.7 Å². The van der Waals surface area contributed by atoms with Crippen molar-refractivity contribution in [2.45, 2.75) is 26.8 Å². The van der Waals surface area contributed by atoms with Crippen molar-refractivity contribution in [3.05, 3.63) is 53.0 Å². The predicted molar refractivity (Wildman–Crippen MR) is 76.7 cm³/mol. The SMILES string of the molecule is CCNC(c1ccc(OC)c(C)c1)c1ccc(C)o1. The number of benzene rings is 1. The minimum atomic E-state index is 0.0864. The second kappa shape index (κ2) is 5.93. The monoisotopic (exact) mass is 259 g/mol. The molecule has 1 unspecified atom stereocenters. The van der Waals surface area contributed by atoms with Crippen LogP contribution in [0.2, 0.25) is 0 Å². The Balaban J connectivity index is 2.36. The van der Waals surface area contributed by atoms with E-state index in [1.165, 1.54) is 5.56 Å². The third kappa shape index (κ3) is 2.99. The molecule has 0 radical (unpaired) electrons. The number of rotatable bonds is 5. The second-order valence-corrected chi connectivity index (χ2v) is 4.67. The fraction of sp³-hybridized carbons (Fsp3) is 0.375. The molecule has 1 aromatic heterocycles. The fourth-order valence-corrected chi connectivity index (χ4v) is 2.28. The summed E-state index contributed by atoms with van der Waals surface area (Å²) in [6.45, 7) is 7.00. The Kier molecular flexibility index (Phi) is 4.27. The van der Waals surface area contributed by atoms with Gasteiger partial charge in [0.1, 0.15) is 17.3 Å². The standard InChI is InChI=1S/C16H21NO2/c1-5-17-16(15-8-6-12(3)19-15)13-7-9-14(18-4)11(2)10-13/h6-10,16-17H,5H2,1-4H3. The van der Waals surface area contributed by atoms with E-state index in [4.69, 9.17) is 9.15 Å². The molecule has 1 heterocycles. The first-order valence-corrected chi connectivity index (χ1v) is 6.60. The predicted octanol–water partition coefficient (Wildman–Crippen LogP) is 3.60. The third-order valence-electron chi connectivity index (χ3n) is 3.21. The largest absolute Gasteiger partial charge is 0.496 e. The number of hydrogen-bond acceptors (Lipinski definition) is 3. The highest BCUT2D eigenvalue weighted by Gasteiger charge is 2.17. The zero-order valence-electron chi connectivity index (χ0n) is 12.0. The molecule has 3 nitrogen and oxygen atoms in total. The topological polar surface area (TPSA) is 34.4 Å². The van der Waals surface area contributed by atoms with E-state index in [0.29, 0.717) is 0 Å². The first-order chi connectivity index (χ1) is 9.15. The molecule has 0 spiro atoms. The van der Waals surface area contributed by atoms with Crippen LogP contribution in [0.25, 0.3) is 0 Å². The van der Waals surface area contributed by atoms with Crippen LogP contribution in [0, 0.1) is 13.8 Å². The van der Waals surface area contributed by atoms with Crippen LogP contribution < -0.4 is 10.1 Å².